The molecule has 2 aliphatic rings. The van der Waals surface area contributed by atoms with Gasteiger partial charge in [0.1, 0.15) is 17.8 Å². The molecule has 1 aromatic rings. The summed E-state index contributed by atoms with van der Waals surface area (Å²) in [7, 11) is 0. The molecule has 7 nitrogen and oxygen atoms in total. The number of hydrogen-bond acceptors (Lipinski definition) is 4. The van der Waals surface area contributed by atoms with E-state index < -0.39 is 24.1 Å². The van der Waals surface area contributed by atoms with E-state index >= 15 is 0 Å². The number of hydrogen-bond donors (Lipinski definition) is 2. The lowest BCUT2D eigenvalue weighted by atomic mass is 9.86. The third-order valence-corrected chi connectivity index (χ3v) is 5.69. The van der Waals surface area contributed by atoms with Gasteiger partial charge >= 0.3 is 12.6 Å². The summed E-state index contributed by atoms with van der Waals surface area (Å²) in [5.74, 6) is -0.647. The number of alkyl halides is 2. The summed E-state index contributed by atoms with van der Waals surface area (Å²) in [5, 5.41) is 5.52. The van der Waals surface area contributed by atoms with Gasteiger partial charge in [0.2, 0.25) is 5.91 Å². The largest absolute Gasteiger partial charge is 0.435 e. The molecule has 3 rings (SSSR count). The van der Waals surface area contributed by atoms with E-state index in [1.807, 2.05) is 0 Å². The highest BCUT2D eigenvalue weighted by molar-refractivity contribution is 6.09. The first-order valence-electron chi connectivity index (χ1n) is 9.69. The minimum Gasteiger partial charge on any atom is -0.435 e. The number of urea groups is 1. The summed E-state index contributed by atoms with van der Waals surface area (Å²) in [6, 6.07) is 4.84. The third-order valence-electron chi connectivity index (χ3n) is 5.69. The number of nitrogens with zero attached hydrogens (tertiary/aromatic N) is 1. The maximum Gasteiger partial charge on any atom is 0.387 e. The second-order valence-corrected chi connectivity index (χ2v) is 7.79. The van der Waals surface area contributed by atoms with Gasteiger partial charge in [-0.3, -0.25) is 14.5 Å². The second-order valence-electron chi connectivity index (χ2n) is 7.79. The van der Waals surface area contributed by atoms with Gasteiger partial charge in [-0.15, -0.1) is 0 Å². The maximum absolute atomic E-state index is 12.9. The third kappa shape index (κ3) is 4.49. The van der Waals surface area contributed by atoms with Crippen molar-refractivity contribution >= 4 is 17.8 Å². The molecule has 0 spiro atoms. The van der Waals surface area contributed by atoms with Crippen molar-refractivity contribution in [3.8, 4) is 5.75 Å². The number of imide groups is 1. The van der Waals surface area contributed by atoms with Gasteiger partial charge in [0, 0.05) is 6.04 Å². The lowest BCUT2D eigenvalue weighted by Crippen LogP contribution is -2.47. The lowest BCUT2D eigenvalue weighted by Gasteiger charge is -2.30. The SMILES string of the molecule is C[C@@H]1CCCC[C@H]1NC(=O)CN1C(=O)N[C@@](C)(c2ccc(OC(F)F)cc2)C1=O. The first-order valence-corrected chi connectivity index (χ1v) is 9.69. The van der Waals surface area contributed by atoms with Crippen LogP contribution in [-0.4, -0.2) is 41.9 Å². The Kier molecular flexibility index (Phi) is 6.04. The zero-order chi connectivity index (χ0) is 21.2. The predicted octanol–water partition coefficient (Wildman–Crippen LogP) is 2.75. The fraction of sp³-hybridized carbons (Fsp3) is 0.550. The minimum absolute atomic E-state index is 0.0470. The van der Waals surface area contributed by atoms with Crippen LogP contribution in [0.5, 0.6) is 5.75 Å². The Labute approximate surface area is 167 Å². The van der Waals surface area contributed by atoms with E-state index in [0.717, 1.165) is 30.6 Å². The van der Waals surface area contributed by atoms with Gasteiger partial charge in [-0.1, -0.05) is 31.9 Å². The van der Waals surface area contributed by atoms with Gasteiger partial charge in [-0.05, 0) is 43.4 Å². The molecule has 1 saturated heterocycles. The predicted molar refractivity (Wildman–Crippen MR) is 100 cm³/mol. The molecule has 1 heterocycles. The van der Waals surface area contributed by atoms with E-state index in [1.54, 1.807) is 0 Å². The average molecular weight is 409 g/mol. The number of carbonyl (C=O) groups is 3. The van der Waals surface area contributed by atoms with Crippen LogP contribution in [-0.2, 0) is 15.1 Å². The van der Waals surface area contributed by atoms with Crippen LogP contribution in [0, 0.1) is 5.92 Å². The smallest absolute Gasteiger partial charge is 0.387 e. The quantitative estimate of drug-likeness (QED) is 0.708. The lowest BCUT2D eigenvalue weighted by molar-refractivity contribution is -0.135. The molecule has 0 radical (unpaired) electrons. The number of ether oxygens (including phenoxy) is 1. The summed E-state index contributed by atoms with van der Waals surface area (Å²) in [6.07, 6.45) is 4.11. The van der Waals surface area contributed by atoms with Crippen molar-refractivity contribution < 1.29 is 27.9 Å². The van der Waals surface area contributed by atoms with Gasteiger partial charge in [-0.2, -0.15) is 8.78 Å². The van der Waals surface area contributed by atoms with Crippen LogP contribution in [0.1, 0.15) is 45.1 Å². The van der Waals surface area contributed by atoms with Crippen molar-refractivity contribution in [3.63, 3.8) is 0 Å². The van der Waals surface area contributed by atoms with Gasteiger partial charge < -0.3 is 15.4 Å². The van der Waals surface area contributed by atoms with Crippen molar-refractivity contribution in [2.75, 3.05) is 6.54 Å². The summed E-state index contributed by atoms with van der Waals surface area (Å²) < 4.78 is 28.9. The summed E-state index contributed by atoms with van der Waals surface area (Å²) in [5.41, 5.74) is -0.986. The Bertz CT molecular complexity index is 786. The minimum atomic E-state index is -2.95. The van der Waals surface area contributed by atoms with E-state index in [1.165, 1.54) is 31.2 Å². The van der Waals surface area contributed by atoms with Gasteiger partial charge in [-0.25, -0.2) is 4.79 Å². The summed E-state index contributed by atoms with van der Waals surface area (Å²) in [6.45, 7) is 0.272. The fourth-order valence-electron chi connectivity index (χ4n) is 3.93. The molecule has 4 amide bonds. The molecule has 29 heavy (non-hydrogen) atoms. The van der Waals surface area contributed by atoms with Crippen LogP contribution in [0.15, 0.2) is 24.3 Å². The number of rotatable bonds is 6. The van der Waals surface area contributed by atoms with Crippen molar-refractivity contribution in [1.82, 2.24) is 15.5 Å². The summed E-state index contributed by atoms with van der Waals surface area (Å²) in [4.78, 5) is 38.6. The number of benzene rings is 1. The molecule has 0 aromatic heterocycles. The molecular weight excluding hydrogens is 384 g/mol. The monoisotopic (exact) mass is 409 g/mol. The molecule has 158 valence electrons. The molecule has 1 aliphatic heterocycles. The molecule has 1 aliphatic carbocycles. The molecule has 9 heteroatoms. The van der Waals surface area contributed by atoms with Crippen LogP contribution < -0.4 is 15.4 Å². The van der Waals surface area contributed by atoms with Crippen molar-refractivity contribution in [3.05, 3.63) is 29.8 Å². The fourth-order valence-corrected chi connectivity index (χ4v) is 3.93. The Morgan fingerprint density at radius 3 is 2.55 bits per heavy atom. The molecule has 3 atom stereocenters. The molecule has 1 saturated carbocycles. The number of halogens is 2. The van der Waals surface area contributed by atoms with Crippen LogP contribution in [0.3, 0.4) is 0 Å². The maximum atomic E-state index is 12.9. The average Bonchev–Trinajstić information content (AvgIpc) is 2.88. The zero-order valence-corrected chi connectivity index (χ0v) is 16.4. The van der Waals surface area contributed by atoms with E-state index in [2.05, 4.69) is 22.3 Å². The molecular formula is C20H25F2N3O4. The van der Waals surface area contributed by atoms with E-state index in [0.29, 0.717) is 11.5 Å². The van der Waals surface area contributed by atoms with Gasteiger partial charge in [0.15, 0.2) is 0 Å². The van der Waals surface area contributed by atoms with E-state index in [9.17, 15) is 23.2 Å². The number of amides is 4. The van der Waals surface area contributed by atoms with Crippen LogP contribution in [0.25, 0.3) is 0 Å². The molecule has 2 N–H and O–H groups in total. The Hall–Kier alpha value is -2.71. The zero-order valence-electron chi connectivity index (χ0n) is 16.4. The summed E-state index contributed by atoms with van der Waals surface area (Å²) >= 11 is 0. The Morgan fingerprint density at radius 2 is 1.93 bits per heavy atom. The standard InChI is InChI=1S/C20H25F2N3O4/c1-12-5-3-4-6-15(12)23-16(26)11-25-17(27)20(2,24-19(25)28)13-7-9-14(10-8-13)29-18(21)22/h7-10,12,15,18H,3-6,11H2,1-2H3,(H,23,26)(H,24,28)/t12-,15-,20+/m1/s1. The highest BCUT2D eigenvalue weighted by Crippen LogP contribution is 2.30. The van der Waals surface area contributed by atoms with Crippen molar-refractivity contribution in [2.45, 2.75) is 57.7 Å². The van der Waals surface area contributed by atoms with Gasteiger partial charge in [0.25, 0.3) is 5.91 Å². The van der Waals surface area contributed by atoms with E-state index in [4.69, 9.17) is 0 Å². The molecule has 1 aromatic carbocycles. The van der Waals surface area contributed by atoms with E-state index in [-0.39, 0.29) is 24.2 Å². The molecule has 0 unspecified atom stereocenters. The van der Waals surface area contributed by atoms with Crippen molar-refractivity contribution in [1.29, 1.82) is 0 Å². The molecule has 2 fully saturated rings. The number of nitrogens with one attached hydrogen (secondary N) is 2. The highest BCUT2D eigenvalue weighted by Gasteiger charge is 2.49. The van der Waals surface area contributed by atoms with Crippen molar-refractivity contribution in [2.24, 2.45) is 5.92 Å². The Morgan fingerprint density at radius 1 is 1.28 bits per heavy atom. The first-order chi connectivity index (χ1) is 13.7. The first kappa shape index (κ1) is 21.0. The highest BCUT2D eigenvalue weighted by atomic mass is 19.3. The molecule has 0 bridgehead atoms. The van der Waals surface area contributed by atoms with Crippen LogP contribution in [0.4, 0.5) is 13.6 Å². The van der Waals surface area contributed by atoms with Crippen LogP contribution >= 0.6 is 0 Å². The van der Waals surface area contributed by atoms with Gasteiger partial charge in [0.05, 0.1) is 0 Å². The Balaban J connectivity index is 1.67. The van der Waals surface area contributed by atoms with Crippen LogP contribution in [0.2, 0.25) is 0 Å². The topological polar surface area (TPSA) is 87.7 Å². The number of carbonyl (C=O) groups excluding carboxylic acids is 3. The second kappa shape index (κ2) is 8.34. The normalized spacial score (nSPS) is 27.1.